The molecule has 2 aliphatic heterocycles. The number of nitriles is 1. The summed E-state index contributed by atoms with van der Waals surface area (Å²) in [7, 11) is 0. The number of fused-ring (bicyclic) bond motifs is 1. The van der Waals surface area contributed by atoms with Crippen molar-refractivity contribution in [3.8, 4) is 11.8 Å². The topological polar surface area (TPSA) is 93.5 Å². The van der Waals surface area contributed by atoms with Crippen LogP contribution in [0.5, 0.6) is 5.75 Å². The van der Waals surface area contributed by atoms with Gasteiger partial charge >= 0.3 is 0 Å². The van der Waals surface area contributed by atoms with Crippen LogP contribution in [-0.2, 0) is 11.3 Å². The summed E-state index contributed by atoms with van der Waals surface area (Å²) in [5.41, 5.74) is 6.50. The van der Waals surface area contributed by atoms with E-state index in [1.54, 1.807) is 10.6 Å². The van der Waals surface area contributed by atoms with E-state index in [9.17, 15) is 14.4 Å². The van der Waals surface area contributed by atoms with Gasteiger partial charge in [-0.3, -0.25) is 9.69 Å². The second-order valence-electron chi connectivity index (χ2n) is 7.89. The monoisotopic (exact) mass is 458 g/mol. The molecule has 0 amide bonds. The lowest BCUT2D eigenvalue weighted by Crippen LogP contribution is -2.38. The molecule has 2 aromatic rings. The first-order valence-corrected chi connectivity index (χ1v) is 10.9. The third-order valence-electron chi connectivity index (χ3n) is 5.94. The van der Waals surface area contributed by atoms with Gasteiger partial charge in [0.2, 0.25) is 5.88 Å². The minimum atomic E-state index is -1.05. The van der Waals surface area contributed by atoms with Crippen LogP contribution in [0.3, 0.4) is 0 Å². The fourth-order valence-electron chi connectivity index (χ4n) is 4.32. The van der Waals surface area contributed by atoms with Crippen LogP contribution < -0.4 is 16.0 Å². The molecule has 3 heterocycles. The van der Waals surface area contributed by atoms with Crippen molar-refractivity contribution in [2.24, 2.45) is 5.73 Å². The summed E-state index contributed by atoms with van der Waals surface area (Å²) in [6, 6.07) is 7.93. The molecule has 0 bridgehead atoms. The highest BCUT2D eigenvalue weighted by atomic mass is 35.5. The lowest BCUT2D eigenvalue weighted by Gasteiger charge is -2.29. The zero-order valence-corrected chi connectivity index (χ0v) is 18.5. The zero-order chi connectivity index (χ0) is 22.8. The Hall–Kier alpha value is -2.86. The van der Waals surface area contributed by atoms with E-state index in [4.69, 9.17) is 26.8 Å². The Balaban J connectivity index is 1.75. The lowest BCUT2D eigenvalue weighted by molar-refractivity contribution is 0.0369. The molecule has 1 atom stereocenters. The molecule has 1 aromatic heterocycles. The normalized spacial score (nSPS) is 18.8. The van der Waals surface area contributed by atoms with Gasteiger partial charge in [0.25, 0.3) is 5.56 Å². The van der Waals surface area contributed by atoms with E-state index in [2.05, 4.69) is 4.90 Å². The second-order valence-corrected chi connectivity index (χ2v) is 8.30. The SMILES string of the molecule is Cc1cc2c(c(=O)n1CCCN1CCOCC1)[C@@H](c1c(F)cccc1Cl)C(C#N)=C(N)O2. The fourth-order valence-corrected chi connectivity index (χ4v) is 4.59. The van der Waals surface area contributed by atoms with E-state index in [-0.39, 0.29) is 38.9 Å². The number of ether oxygens (including phenoxy) is 2. The third-order valence-corrected chi connectivity index (χ3v) is 6.27. The van der Waals surface area contributed by atoms with Gasteiger partial charge < -0.3 is 19.8 Å². The average Bonchev–Trinajstić information content (AvgIpc) is 2.76. The smallest absolute Gasteiger partial charge is 0.258 e. The highest BCUT2D eigenvalue weighted by Gasteiger charge is 2.37. The number of pyridine rings is 1. The summed E-state index contributed by atoms with van der Waals surface area (Å²) >= 11 is 6.31. The molecule has 0 radical (unpaired) electrons. The number of benzene rings is 1. The molecule has 2 aliphatic rings. The highest BCUT2D eigenvalue weighted by Crippen LogP contribution is 2.43. The Labute approximate surface area is 190 Å². The van der Waals surface area contributed by atoms with E-state index in [0.717, 1.165) is 26.1 Å². The number of aromatic nitrogens is 1. The van der Waals surface area contributed by atoms with Crippen molar-refractivity contribution < 1.29 is 13.9 Å². The van der Waals surface area contributed by atoms with Crippen molar-refractivity contribution >= 4 is 11.6 Å². The molecule has 1 fully saturated rings. The van der Waals surface area contributed by atoms with Gasteiger partial charge in [-0.05, 0) is 25.5 Å². The van der Waals surface area contributed by atoms with E-state index < -0.39 is 11.7 Å². The Morgan fingerprint density at radius 3 is 2.72 bits per heavy atom. The Morgan fingerprint density at radius 2 is 2.03 bits per heavy atom. The number of allylic oxidation sites excluding steroid dienone is 1. The van der Waals surface area contributed by atoms with Crippen LogP contribution in [0.4, 0.5) is 4.39 Å². The van der Waals surface area contributed by atoms with Crippen LogP contribution in [-0.4, -0.2) is 42.3 Å². The fraction of sp³-hybridized carbons (Fsp3) is 0.391. The van der Waals surface area contributed by atoms with Gasteiger partial charge in [0.15, 0.2) is 0 Å². The highest BCUT2D eigenvalue weighted by molar-refractivity contribution is 6.31. The van der Waals surface area contributed by atoms with Gasteiger partial charge in [-0.2, -0.15) is 5.26 Å². The third kappa shape index (κ3) is 4.11. The van der Waals surface area contributed by atoms with E-state index in [1.165, 1.54) is 18.2 Å². The number of hydrogen-bond acceptors (Lipinski definition) is 6. The van der Waals surface area contributed by atoms with Crippen molar-refractivity contribution in [3.63, 3.8) is 0 Å². The zero-order valence-electron chi connectivity index (χ0n) is 17.7. The first-order valence-electron chi connectivity index (χ1n) is 10.5. The summed E-state index contributed by atoms with van der Waals surface area (Å²) in [5.74, 6) is -1.60. The molecule has 4 rings (SSSR count). The quantitative estimate of drug-likeness (QED) is 0.740. The molecule has 0 saturated carbocycles. The summed E-state index contributed by atoms with van der Waals surface area (Å²) in [4.78, 5) is 15.9. The molecule has 0 aliphatic carbocycles. The minimum Gasteiger partial charge on any atom is -0.440 e. The van der Waals surface area contributed by atoms with Crippen LogP contribution in [0.15, 0.2) is 40.5 Å². The van der Waals surface area contributed by atoms with E-state index in [0.29, 0.717) is 25.5 Å². The molecule has 2 N–H and O–H groups in total. The van der Waals surface area contributed by atoms with E-state index >= 15 is 0 Å². The lowest BCUT2D eigenvalue weighted by atomic mass is 9.83. The first-order chi connectivity index (χ1) is 15.4. The molecule has 1 aromatic carbocycles. The molecule has 0 spiro atoms. The first kappa shape index (κ1) is 22.3. The van der Waals surface area contributed by atoms with Crippen molar-refractivity contribution in [2.45, 2.75) is 25.8 Å². The molecule has 168 valence electrons. The predicted molar refractivity (Wildman–Crippen MR) is 118 cm³/mol. The maximum Gasteiger partial charge on any atom is 0.258 e. The van der Waals surface area contributed by atoms with Crippen LogP contribution in [0.25, 0.3) is 0 Å². The van der Waals surface area contributed by atoms with Gasteiger partial charge in [-0.15, -0.1) is 0 Å². The molecule has 32 heavy (non-hydrogen) atoms. The predicted octanol–water partition coefficient (Wildman–Crippen LogP) is 2.89. The van der Waals surface area contributed by atoms with Crippen molar-refractivity contribution in [2.75, 3.05) is 32.8 Å². The number of nitrogens with zero attached hydrogens (tertiary/aromatic N) is 3. The summed E-state index contributed by atoms with van der Waals surface area (Å²) < 4.78 is 27.5. The van der Waals surface area contributed by atoms with Gasteiger partial charge in [0.1, 0.15) is 23.2 Å². The molecule has 0 unspecified atom stereocenters. The molecular formula is C23H24ClFN4O3. The van der Waals surface area contributed by atoms with E-state index in [1.807, 2.05) is 13.0 Å². The van der Waals surface area contributed by atoms with Gasteiger partial charge in [-0.25, -0.2) is 4.39 Å². The number of halogens is 2. The van der Waals surface area contributed by atoms with Crippen LogP contribution >= 0.6 is 11.6 Å². The number of rotatable bonds is 5. The summed E-state index contributed by atoms with van der Waals surface area (Å²) in [5, 5.41) is 9.86. The number of morpholine rings is 1. The van der Waals surface area contributed by atoms with Gasteiger partial charge in [0.05, 0.1) is 24.7 Å². The van der Waals surface area contributed by atoms with Gasteiger partial charge in [0, 0.05) is 48.5 Å². The molecule has 9 heteroatoms. The van der Waals surface area contributed by atoms with Crippen molar-refractivity contribution in [3.05, 3.63) is 73.7 Å². The summed E-state index contributed by atoms with van der Waals surface area (Å²) in [6.07, 6.45) is 0.759. The Morgan fingerprint density at radius 1 is 1.28 bits per heavy atom. The molecular weight excluding hydrogens is 435 g/mol. The maximum absolute atomic E-state index is 14.9. The number of aryl methyl sites for hydroxylation is 1. The number of hydrogen-bond donors (Lipinski definition) is 1. The molecule has 7 nitrogen and oxygen atoms in total. The van der Waals surface area contributed by atoms with Crippen LogP contribution in [0.2, 0.25) is 5.02 Å². The van der Waals surface area contributed by atoms with Gasteiger partial charge in [-0.1, -0.05) is 17.7 Å². The van der Waals surface area contributed by atoms with Crippen LogP contribution in [0, 0.1) is 24.1 Å². The maximum atomic E-state index is 14.9. The van der Waals surface area contributed by atoms with Crippen molar-refractivity contribution in [1.29, 1.82) is 5.26 Å². The largest absolute Gasteiger partial charge is 0.440 e. The van der Waals surface area contributed by atoms with Crippen LogP contribution in [0.1, 0.15) is 29.2 Å². The Kier molecular flexibility index (Phi) is 6.51. The number of nitrogens with two attached hydrogens (primary N) is 1. The Bertz CT molecular complexity index is 1140. The summed E-state index contributed by atoms with van der Waals surface area (Å²) in [6.45, 7) is 6.29. The molecule has 1 saturated heterocycles. The average molecular weight is 459 g/mol. The minimum absolute atomic E-state index is 0.0367. The van der Waals surface area contributed by atoms with Crippen molar-refractivity contribution in [1.82, 2.24) is 9.47 Å². The standard InChI is InChI=1S/C23H24ClFN4O3/c1-14-12-18-21(23(30)29(14)7-3-6-28-8-10-31-11-9-28)19(15(13-26)22(27)32-18)20-16(24)4-2-5-17(20)25/h2,4-5,12,19H,3,6-11,27H2,1H3/t19-/m1/s1. The second kappa shape index (κ2) is 9.33.